The van der Waals surface area contributed by atoms with E-state index in [9.17, 15) is 9.59 Å². The predicted octanol–water partition coefficient (Wildman–Crippen LogP) is 5.90. The van der Waals surface area contributed by atoms with Crippen molar-refractivity contribution in [2.75, 3.05) is 11.9 Å². The maximum absolute atomic E-state index is 13.2. The molecule has 3 aromatic rings. The van der Waals surface area contributed by atoms with Gasteiger partial charge in [-0.25, -0.2) is 4.99 Å². The van der Waals surface area contributed by atoms with E-state index in [0.29, 0.717) is 34.7 Å². The molecule has 1 heterocycles. The Labute approximate surface area is 208 Å². The second-order valence-corrected chi connectivity index (χ2v) is 9.20. The van der Waals surface area contributed by atoms with Crippen LogP contribution in [0.5, 0.6) is 5.75 Å². The minimum Gasteiger partial charge on any atom is -0.494 e. The molecule has 2 amide bonds. The Morgan fingerprint density at radius 3 is 2.59 bits per heavy atom. The van der Waals surface area contributed by atoms with Crippen molar-refractivity contribution in [2.24, 2.45) is 4.99 Å². The maximum atomic E-state index is 13.2. The number of nitrogens with one attached hydrogen (secondary N) is 1. The van der Waals surface area contributed by atoms with Gasteiger partial charge in [0.25, 0.3) is 0 Å². The molecule has 1 fully saturated rings. The van der Waals surface area contributed by atoms with Crippen molar-refractivity contribution in [2.45, 2.75) is 25.1 Å². The predicted molar refractivity (Wildman–Crippen MR) is 138 cm³/mol. The zero-order chi connectivity index (χ0) is 23.9. The van der Waals surface area contributed by atoms with E-state index < -0.39 is 5.25 Å². The Hall–Kier alpha value is -3.29. The first-order valence-corrected chi connectivity index (χ1v) is 12.2. The molecule has 0 radical (unpaired) electrons. The van der Waals surface area contributed by atoms with Crippen LogP contribution in [-0.2, 0) is 16.1 Å². The van der Waals surface area contributed by atoms with Gasteiger partial charge in [0.1, 0.15) is 11.0 Å². The average molecular weight is 494 g/mol. The van der Waals surface area contributed by atoms with Crippen LogP contribution in [0.2, 0.25) is 5.02 Å². The van der Waals surface area contributed by atoms with Crippen molar-refractivity contribution in [3.05, 3.63) is 89.4 Å². The highest BCUT2D eigenvalue weighted by Crippen LogP contribution is 2.31. The number of aliphatic imine (C=N–C) groups is 1. The summed E-state index contributed by atoms with van der Waals surface area (Å²) < 4.78 is 5.44. The molecule has 0 bridgehead atoms. The molecule has 0 unspecified atom stereocenters. The van der Waals surface area contributed by atoms with E-state index in [-0.39, 0.29) is 18.2 Å². The van der Waals surface area contributed by atoms with Gasteiger partial charge < -0.3 is 10.1 Å². The summed E-state index contributed by atoms with van der Waals surface area (Å²) in [7, 11) is 0. The summed E-state index contributed by atoms with van der Waals surface area (Å²) in [5.41, 5.74) is 2.24. The second kappa shape index (κ2) is 11.2. The average Bonchev–Trinajstić information content (AvgIpc) is 2.83. The summed E-state index contributed by atoms with van der Waals surface area (Å²) in [5.74, 6) is 0.325. The van der Waals surface area contributed by atoms with Crippen LogP contribution in [0.1, 0.15) is 18.9 Å². The fourth-order valence-electron chi connectivity index (χ4n) is 3.44. The summed E-state index contributed by atoms with van der Waals surface area (Å²) in [6.45, 7) is 2.86. The van der Waals surface area contributed by atoms with Crippen LogP contribution >= 0.6 is 23.4 Å². The van der Waals surface area contributed by atoms with Crippen molar-refractivity contribution in [1.29, 1.82) is 0 Å². The van der Waals surface area contributed by atoms with Gasteiger partial charge in [0.05, 0.1) is 18.8 Å². The maximum Gasteiger partial charge on any atom is 0.238 e. The van der Waals surface area contributed by atoms with Crippen LogP contribution in [0, 0.1) is 0 Å². The zero-order valence-electron chi connectivity index (χ0n) is 18.6. The number of hydrogen-bond acceptors (Lipinski definition) is 5. The molecule has 1 aliphatic rings. The number of ether oxygens (including phenoxy) is 1. The van der Waals surface area contributed by atoms with Gasteiger partial charge in [0.15, 0.2) is 5.17 Å². The highest BCUT2D eigenvalue weighted by molar-refractivity contribution is 8.15. The number of nitrogens with zero attached hydrogens (tertiary/aromatic N) is 2. The molecule has 4 rings (SSSR count). The van der Waals surface area contributed by atoms with Gasteiger partial charge in [0, 0.05) is 17.1 Å². The molecule has 1 N–H and O–H groups in total. The van der Waals surface area contributed by atoms with E-state index in [2.05, 4.69) is 10.3 Å². The molecule has 8 heteroatoms. The normalized spacial score (nSPS) is 17.0. The number of carbonyl (C=O) groups excluding carboxylic acids is 2. The molecule has 174 valence electrons. The minimum absolute atomic E-state index is 0.0783. The molecule has 0 aliphatic carbocycles. The number of hydrogen-bond donors (Lipinski definition) is 1. The number of anilines is 1. The molecule has 0 saturated carbocycles. The van der Waals surface area contributed by atoms with E-state index in [1.807, 2.05) is 43.3 Å². The number of thioether (sulfide) groups is 1. The molecule has 1 aliphatic heterocycles. The van der Waals surface area contributed by atoms with Crippen LogP contribution in [0.25, 0.3) is 0 Å². The molecule has 3 aromatic carbocycles. The first-order valence-electron chi connectivity index (χ1n) is 10.9. The van der Waals surface area contributed by atoms with Gasteiger partial charge in [-0.15, -0.1) is 0 Å². The lowest BCUT2D eigenvalue weighted by Crippen LogP contribution is -2.44. The first kappa shape index (κ1) is 23.9. The van der Waals surface area contributed by atoms with Gasteiger partial charge in [-0.05, 0) is 55.0 Å². The van der Waals surface area contributed by atoms with Crippen molar-refractivity contribution in [3.63, 3.8) is 0 Å². The smallest absolute Gasteiger partial charge is 0.238 e. The zero-order valence-corrected chi connectivity index (χ0v) is 20.2. The van der Waals surface area contributed by atoms with Gasteiger partial charge >= 0.3 is 0 Å². The summed E-state index contributed by atoms with van der Waals surface area (Å²) in [4.78, 5) is 32.5. The Balaban J connectivity index is 1.55. The van der Waals surface area contributed by atoms with Crippen LogP contribution in [0.3, 0.4) is 0 Å². The Bertz CT molecular complexity index is 1190. The van der Waals surface area contributed by atoms with Crippen LogP contribution in [0.15, 0.2) is 83.9 Å². The van der Waals surface area contributed by atoms with E-state index in [1.165, 1.54) is 11.8 Å². The number of benzene rings is 3. The largest absolute Gasteiger partial charge is 0.494 e. The molecule has 6 nitrogen and oxygen atoms in total. The van der Waals surface area contributed by atoms with Crippen LogP contribution in [-0.4, -0.2) is 33.7 Å². The third-order valence-corrected chi connectivity index (χ3v) is 6.50. The van der Waals surface area contributed by atoms with Gasteiger partial charge in [-0.1, -0.05) is 59.8 Å². The van der Waals surface area contributed by atoms with Gasteiger partial charge in [-0.3, -0.25) is 14.5 Å². The molecular formula is C26H24ClN3O3S. The van der Waals surface area contributed by atoms with Crippen LogP contribution in [0.4, 0.5) is 11.4 Å². The lowest BCUT2D eigenvalue weighted by Gasteiger charge is -2.32. The minimum atomic E-state index is -0.607. The third kappa shape index (κ3) is 6.18. The lowest BCUT2D eigenvalue weighted by molar-refractivity contribution is -0.129. The second-order valence-electron chi connectivity index (χ2n) is 7.60. The topological polar surface area (TPSA) is 71.0 Å². The summed E-state index contributed by atoms with van der Waals surface area (Å²) in [5, 5.41) is 3.31. The first-order chi connectivity index (χ1) is 16.5. The van der Waals surface area contributed by atoms with Gasteiger partial charge in [0.2, 0.25) is 11.8 Å². The van der Waals surface area contributed by atoms with E-state index in [1.54, 1.807) is 47.4 Å². The van der Waals surface area contributed by atoms with Gasteiger partial charge in [-0.2, -0.15) is 0 Å². The van der Waals surface area contributed by atoms with E-state index in [4.69, 9.17) is 16.3 Å². The number of carbonyl (C=O) groups is 2. The molecule has 34 heavy (non-hydrogen) atoms. The van der Waals surface area contributed by atoms with Crippen molar-refractivity contribution in [1.82, 2.24) is 4.90 Å². The van der Waals surface area contributed by atoms with E-state index >= 15 is 0 Å². The Morgan fingerprint density at radius 2 is 1.88 bits per heavy atom. The summed E-state index contributed by atoms with van der Waals surface area (Å²) in [6.07, 6.45) is 0.0783. The van der Waals surface area contributed by atoms with Crippen molar-refractivity contribution in [3.8, 4) is 5.75 Å². The fraction of sp³-hybridized carbons (Fsp3) is 0.192. The molecule has 0 spiro atoms. The summed E-state index contributed by atoms with van der Waals surface area (Å²) >= 11 is 7.41. The molecular weight excluding hydrogens is 470 g/mol. The Morgan fingerprint density at radius 1 is 1.12 bits per heavy atom. The summed E-state index contributed by atoms with van der Waals surface area (Å²) in [6, 6.07) is 24.0. The fourth-order valence-corrected chi connectivity index (χ4v) is 4.73. The Kier molecular flexibility index (Phi) is 7.87. The monoisotopic (exact) mass is 493 g/mol. The molecule has 0 aromatic heterocycles. The van der Waals surface area contributed by atoms with Crippen molar-refractivity contribution < 1.29 is 14.3 Å². The molecule has 1 saturated heterocycles. The third-order valence-electron chi connectivity index (χ3n) is 5.08. The SMILES string of the molecule is CCOc1ccc(NC(=O)[C@@H]2CC(=O)N(Cc3ccccc3)C(=Nc3cccc(Cl)c3)S2)cc1. The number of halogens is 1. The lowest BCUT2D eigenvalue weighted by atomic mass is 10.2. The van der Waals surface area contributed by atoms with Crippen molar-refractivity contribution >= 4 is 51.7 Å². The quantitative estimate of drug-likeness (QED) is 0.445. The highest BCUT2D eigenvalue weighted by atomic mass is 35.5. The number of rotatable bonds is 7. The molecule has 1 atom stereocenters. The van der Waals surface area contributed by atoms with E-state index in [0.717, 1.165) is 11.3 Å². The highest BCUT2D eigenvalue weighted by Gasteiger charge is 2.36. The van der Waals surface area contributed by atoms with Crippen LogP contribution < -0.4 is 10.1 Å². The standard InChI is InChI=1S/C26H24ClN3O3S/c1-2-33-22-13-11-20(12-14-22)28-25(32)23-16-24(31)30(17-18-7-4-3-5-8-18)26(34-23)29-21-10-6-9-19(27)15-21/h3-15,23H,2,16-17H2,1H3,(H,28,32)/t23-/m0/s1. The number of amidine groups is 1. The number of amides is 2.